The van der Waals surface area contributed by atoms with E-state index in [-0.39, 0.29) is 6.54 Å². The molecular weight excluding hydrogens is 176 g/mol. The Hall–Kier alpha value is -1.85. The number of amides is 3. The van der Waals surface area contributed by atoms with Crippen LogP contribution >= 0.6 is 0 Å². The Morgan fingerprint density at radius 3 is 2.77 bits per heavy atom. The van der Waals surface area contributed by atoms with E-state index in [0.29, 0.717) is 0 Å². The van der Waals surface area contributed by atoms with Gasteiger partial charge in [-0.05, 0) is 0 Å². The fraction of sp³-hybridized carbons (Fsp3) is 0.286. The van der Waals surface area contributed by atoms with Crippen molar-refractivity contribution in [3.8, 4) is 0 Å². The Morgan fingerprint density at radius 2 is 2.23 bits per heavy atom. The number of nitrogens with one attached hydrogen (secondary N) is 2. The Bertz CT molecular complexity index is 284. The lowest BCUT2D eigenvalue weighted by Crippen LogP contribution is -2.51. The largest absolute Gasteiger partial charge is 0.478 e. The summed E-state index contributed by atoms with van der Waals surface area (Å²) in [6.07, 6.45) is 2.11. The number of carbonyl (C=O) groups is 3. The molecule has 1 aliphatic rings. The molecule has 70 valence electrons. The zero-order valence-electron chi connectivity index (χ0n) is 6.61. The van der Waals surface area contributed by atoms with Crippen LogP contribution in [0.5, 0.6) is 0 Å². The van der Waals surface area contributed by atoms with Crippen molar-refractivity contribution in [2.75, 3.05) is 6.54 Å². The van der Waals surface area contributed by atoms with E-state index in [9.17, 15) is 14.4 Å². The number of imide groups is 1. The van der Waals surface area contributed by atoms with Crippen molar-refractivity contribution in [1.82, 2.24) is 10.6 Å². The second kappa shape index (κ2) is 3.70. The molecule has 3 amide bonds. The summed E-state index contributed by atoms with van der Waals surface area (Å²) in [7, 11) is 0. The van der Waals surface area contributed by atoms with Gasteiger partial charge < -0.3 is 10.4 Å². The standard InChI is InChI=1S/C7H8N2O4/c10-5(11)2-1-4-3-8-7(13)9-6(4)12/h1-2,4H,3H2,(H,10,11)(H2,8,9,12,13). The average Bonchev–Trinajstić information content (AvgIpc) is 2.02. The normalized spacial score (nSPS) is 22.6. The van der Waals surface area contributed by atoms with Gasteiger partial charge in [0, 0.05) is 12.6 Å². The van der Waals surface area contributed by atoms with Crippen LogP contribution in [0, 0.1) is 5.92 Å². The van der Waals surface area contributed by atoms with Gasteiger partial charge in [-0.2, -0.15) is 0 Å². The number of urea groups is 1. The molecule has 0 saturated carbocycles. The van der Waals surface area contributed by atoms with Crippen LogP contribution in [0.3, 0.4) is 0 Å². The van der Waals surface area contributed by atoms with E-state index in [1.54, 1.807) is 0 Å². The third-order valence-electron chi connectivity index (χ3n) is 1.53. The van der Waals surface area contributed by atoms with Crippen molar-refractivity contribution < 1.29 is 19.5 Å². The minimum Gasteiger partial charge on any atom is -0.478 e. The molecular formula is C7H8N2O4. The van der Waals surface area contributed by atoms with Gasteiger partial charge in [-0.1, -0.05) is 6.08 Å². The Balaban J connectivity index is 2.57. The Morgan fingerprint density at radius 1 is 1.54 bits per heavy atom. The fourth-order valence-electron chi connectivity index (χ4n) is 0.898. The molecule has 0 aliphatic carbocycles. The van der Waals surface area contributed by atoms with E-state index in [0.717, 1.165) is 6.08 Å². The monoisotopic (exact) mass is 184 g/mol. The van der Waals surface area contributed by atoms with Crippen molar-refractivity contribution >= 4 is 17.9 Å². The van der Waals surface area contributed by atoms with Crippen molar-refractivity contribution in [2.24, 2.45) is 5.92 Å². The molecule has 1 aliphatic heterocycles. The highest BCUT2D eigenvalue weighted by atomic mass is 16.4. The molecule has 1 fully saturated rings. The molecule has 0 aromatic heterocycles. The number of carboxylic acids is 1. The van der Waals surface area contributed by atoms with Crippen LogP contribution in [0.4, 0.5) is 4.79 Å². The molecule has 1 atom stereocenters. The highest BCUT2D eigenvalue weighted by Gasteiger charge is 2.23. The average molecular weight is 184 g/mol. The number of rotatable bonds is 2. The first-order chi connectivity index (χ1) is 6.09. The van der Waals surface area contributed by atoms with E-state index in [1.165, 1.54) is 6.08 Å². The molecule has 0 spiro atoms. The number of hydrogen-bond donors (Lipinski definition) is 3. The smallest absolute Gasteiger partial charge is 0.328 e. The Kier molecular flexibility index (Phi) is 2.63. The zero-order chi connectivity index (χ0) is 9.84. The molecule has 1 rings (SSSR count). The van der Waals surface area contributed by atoms with Crippen molar-refractivity contribution in [3.05, 3.63) is 12.2 Å². The molecule has 0 radical (unpaired) electrons. The van der Waals surface area contributed by atoms with Crippen LogP contribution in [-0.2, 0) is 9.59 Å². The second-order valence-electron chi connectivity index (χ2n) is 2.50. The summed E-state index contributed by atoms with van der Waals surface area (Å²) in [6, 6.07) is -0.551. The number of carboxylic acid groups (broad SMARTS) is 1. The zero-order valence-corrected chi connectivity index (χ0v) is 6.61. The number of carbonyl (C=O) groups excluding carboxylic acids is 2. The molecule has 1 saturated heterocycles. The van der Waals surface area contributed by atoms with Gasteiger partial charge in [0.1, 0.15) is 0 Å². The lowest BCUT2D eigenvalue weighted by atomic mass is 10.1. The van der Waals surface area contributed by atoms with Crippen LogP contribution in [0.2, 0.25) is 0 Å². The SMILES string of the molecule is O=C(O)C=CC1CNC(=O)NC1=O. The highest BCUT2D eigenvalue weighted by molar-refractivity contribution is 5.99. The van der Waals surface area contributed by atoms with Gasteiger partial charge in [0.15, 0.2) is 0 Å². The second-order valence-corrected chi connectivity index (χ2v) is 2.50. The maximum Gasteiger partial charge on any atom is 0.328 e. The summed E-state index contributed by atoms with van der Waals surface area (Å²) in [4.78, 5) is 31.7. The van der Waals surface area contributed by atoms with Crippen LogP contribution in [0.25, 0.3) is 0 Å². The summed E-state index contributed by atoms with van der Waals surface area (Å²) in [6.45, 7) is 0.133. The van der Waals surface area contributed by atoms with Crippen molar-refractivity contribution in [2.45, 2.75) is 0 Å². The third kappa shape index (κ3) is 2.58. The van der Waals surface area contributed by atoms with Crippen LogP contribution in [0.15, 0.2) is 12.2 Å². The Labute approximate surface area is 73.6 Å². The van der Waals surface area contributed by atoms with Gasteiger partial charge in [-0.3, -0.25) is 10.1 Å². The van der Waals surface area contributed by atoms with Gasteiger partial charge >= 0.3 is 12.0 Å². The first-order valence-electron chi connectivity index (χ1n) is 3.59. The first-order valence-corrected chi connectivity index (χ1v) is 3.59. The molecule has 6 heteroatoms. The maximum atomic E-state index is 11.0. The lowest BCUT2D eigenvalue weighted by Gasteiger charge is -2.18. The van der Waals surface area contributed by atoms with Gasteiger partial charge in [0.25, 0.3) is 0 Å². The van der Waals surface area contributed by atoms with Gasteiger partial charge in [0.05, 0.1) is 5.92 Å². The van der Waals surface area contributed by atoms with Gasteiger partial charge in [-0.15, -0.1) is 0 Å². The van der Waals surface area contributed by atoms with Crippen LogP contribution in [-0.4, -0.2) is 29.6 Å². The van der Waals surface area contributed by atoms with Crippen LogP contribution in [0.1, 0.15) is 0 Å². The first kappa shape index (κ1) is 9.24. The summed E-state index contributed by atoms with van der Waals surface area (Å²) in [5, 5.41) is 12.7. The molecule has 0 aromatic carbocycles. The van der Waals surface area contributed by atoms with E-state index >= 15 is 0 Å². The lowest BCUT2D eigenvalue weighted by molar-refractivity contribution is -0.131. The van der Waals surface area contributed by atoms with E-state index in [1.807, 2.05) is 5.32 Å². The van der Waals surface area contributed by atoms with Crippen molar-refractivity contribution in [3.63, 3.8) is 0 Å². The van der Waals surface area contributed by atoms with Crippen LogP contribution < -0.4 is 10.6 Å². The summed E-state index contributed by atoms with van der Waals surface area (Å²) in [5.41, 5.74) is 0. The summed E-state index contributed by atoms with van der Waals surface area (Å²) >= 11 is 0. The maximum absolute atomic E-state index is 11.0. The fourth-order valence-corrected chi connectivity index (χ4v) is 0.898. The predicted octanol–water partition coefficient (Wildman–Crippen LogP) is -0.917. The minimum absolute atomic E-state index is 0.133. The molecule has 6 nitrogen and oxygen atoms in total. The van der Waals surface area contributed by atoms with Gasteiger partial charge in [0.2, 0.25) is 5.91 Å². The number of hydrogen-bond acceptors (Lipinski definition) is 3. The molecule has 1 unspecified atom stereocenters. The quantitative estimate of drug-likeness (QED) is 0.484. The number of aliphatic carboxylic acids is 1. The summed E-state index contributed by atoms with van der Waals surface area (Å²) in [5.74, 6) is -2.21. The van der Waals surface area contributed by atoms with E-state index in [4.69, 9.17) is 5.11 Å². The van der Waals surface area contributed by atoms with Crippen molar-refractivity contribution in [1.29, 1.82) is 0 Å². The van der Waals surface area contributed by atoms with Gasteiger partial charge in [-0.25, -0.2) is 9.59 Å². The van der Waals surface area contributed by atoms with E-state index in [2.05, 4.69) is 5.32 Å². The molecule has 0 bridgehead atoms. The topological polar surface area (TPSA) is 95.5 Å². The van der Waals surface area contributed by atoms with E-state index < -0.39 is 23.8 Å². The highest BCUT2D eigenvalue weighted by Crippen LogP contribution is 2.01. The molecule has 1 heterocycles. The molecule has 0 aromatic rings. The summed E-state index contributed by atoms with van der Waals surface area (Å²) < 4.78 is 0. The molecule has 3 N–H and O–H groups in total. The third-order valence-corrected chi connectivity index (χ3v) is 1.53. The predicted molar refractivity (Wildman–Crippen MR) is 41.8 cm³/mol. The minimum atomic E-state index is -1.12. The molecule has 13 heavy (non-hydrogen) atoms.